The predicted octanol–water partition coefficient (Wildman–Crippen LogP) is 1.54. The van der Waals surface area contributed by atoms with Crippen molar-refractivity contribution in [3.63, 3.8) is 0 Å². The molecule has 5 heteroatoms. The number of nitrogens with one attached hydrogen (secondary N) is 2. The molecule has 2 rings (SSSR count). The Hall–Kier alpha value is -1.13. The number of hydrogen-bond acceptors (Lipinski definition) is 3. The summed E-state index contributed by atoms with van der Waals surface area (Å²) < 4.78 is 0. The molecule has 1 saturated heterocycles. The fourth-order valence-corrected chi connectivity index (χ4v) is 1.94. The topological polar surface area (TPSA) is 54.0 Å². The first-order valence-electron chi connectivity index (χ1n) is 6.09. The van der Waals surface area contributed by atoms with Gasteiger partial charge < -0.3 is 10.6 Å². The first-order chi connectivity index (χ1) is 8.18. The minimum absolute atomic E-state index is 0. The average Bonchev–Trinajstić information content (AvgIpc) is 2.27. The van der Waals surface area contributed by atoms with Gasteiger partial charge in [0.1, 0.15) is 0 Å². The minimum atomic E-state index is 0. The Labute approximate surface area is 114 Å². The van der Waals surface area contributed by atoms with Gasteiger partial charge >= 0.3 is 0 Å². The van der Waals surface area contributed by atoms with Crippen molar-refractivity contribution in [1.29, 1.82) is 0 Å². The third kappa shape index (κ3) is 3.43. The van der Waals surface area contributed by atoms with Gasteiger partial charge in [-0.2, -0.15) is 0 Å². The Morgan fingerprint density at radius 2 is 2.22 bits per heavy atom. The highest BCUT2D eigenvalue weighted by molar-refractivity contribution is 5.85. The summed E-state index contributed by atoms with van der Waals surface area (Å²) in [6, 6.07) is 3.89. The molecule has 2 heterocycles. The third-order valence-corrected chi connectivity index (χ3v) is 3.48. The molecule has 2 N–H and O–H groups in total. The number of amides is 1. The number of halogens is 1. The molecule has 0 saturated carbocycles. The fraction of sp³-hybridized carbons (Fsp3) is 0.538. The second-order valence-electron chi connectivity index (χ2n) is 4.72. The van der Waals surface area contributed by atoms with Gasteiger partial charge in [-0.15, -0.1) is 12.4 Å². The zero-order valence-corrected chi connectivity index (χ0v) is 11.5. The normalized spacial score (nSPS) is 18.1. The van der Waals surface area contributed by atoms with E-state index < -0.39 is 0 Å². The molecule has 18 heavy (non-hydrogen) atoms. The Morgan fingerprint density at radius 1 is 1.50 bits per heavy atom. The zero-order valence-electron chi connectivity index (χ0n) is 10.7. The van der Waals surface area contributed by atoms with Crippen molar-refractivity contribution in [3.05, 3.63) is 30.1 Å². The molecule has 1 aliphatic heterocycles. The average molecular weight is 270 g/mol. The molecule has 1 fully saturated rings. The van der Waals surface area contributed by atoms with Crippen molar-refractivity contribution in [1.82, 2.24) is 15.6 Å². The highest BCUT2D eigenvalue weighted by atomic mass is 35.5. The maximum Gasteiger partial charge on any atom is 0.223 e. The van der Waals surface area contributed by atoms with Gasteiger partial charge in [-0.3, -0.25) is 9.78 Å². The van der Waals surface area contributed by atoms with Crippen LogP contribution >= 0.6 is 12.4 Å². The molecule has 2 unspecified atom stereocenters. The minimum Gasteiger partial charge on any atom is -0.349 e. The molecular weight excluding hydrogens is 250 g/mol. The van der Waals surface area contributed by atoms with Crippen molar-refractivity contribution >= 4 is 18.3 Å². The van der Waals surface area contributed by atoms with Gasteiger partial charge in [0.25, 0.3) is 0 Å². The van der Waals surface area contributed by atoms with Gasteiger partial charge in [0.15, 0.2) is 0 Å². The van der Waals surface area contributed by atoms with E-state index in [9.17, 15) is 4.79 Å². The highest BCUT2D eigenvalue weighted by Gasteiger charge is 2.29. The largest absolute Gasteiger partial charge is 0.349 e. The summed E-state index contributed by atoms with van der Waals surface area (Å²) in [5, 5.41) is 6.23. The second-order valence-corrected chi connectivity index (χ2v) is 4.72. The van der Waals surface area contributed by atoms with Crippen LogP contribution in [0.5, 0.6) is 0 Å². The van der Waals surface area contributed by atoms with Crippen LogP contribution in [0.25, 0.3) is 0 Å². The van der Waals surface area contributed by atoms with E-state index in [2.05, 4.69) is 15.6 Å². The van der Waals surface area contributed by atoms with Crippen molar-refractivity contribution in [2.45, 2.75) is 19.9 Å². The number of rotatable bonds is 4. The Balaban J connectivity index is 0.00000162. The van der Waals surface area contributed by atoms with Crippen LogP contribution in [0.2, 0.25) is 0 Å². The molecule has 2 atom stereocenters. The lowest BCUT2D eigenvalue weighted by Crippen LogP contribution is -2.49. The monoisotopic (exact) mass is 269 g/mol. The fourth-order valence-electron chi connectivity index (χ4n) is 1.94. The van der Waals surface area contributed by atoms with Crippen LogP contribution < -0.4 is 10.6 Å². The van der Waals surface area contributed by atoms with Crippen LogP contribution in [0.1, 0.15) is 25.5 Å². The van der Waals surface area contributed by atoms with Gasteiger partial charge in [0.2, 0.25) is 5.91 Å². The molecule has 1 aliphatic rings. The molecule has 0 bridgehead atoms. The van der Waals surface area contributed by atoms with Crippen LogP contribution in [0.15, 0.2) is 24.5 Å². The Kier molecular flexibility index (Phi) is 5.56. The summed E-state index contributed by atoms with van der Waals surface area (Å²) in [5.74, 6) is 0.694. The smallest absolute Gasteiger partial charge is 0.223 e. The lowest BCUT2D eigenvalue weighted by molar-refractivity contribution is -0.127. The van der Waals surface area contributed by atoms with E-state index in [1.165, 1.54) is 0 Å². The lowest BCUT2D eigenvalue weighted by atomic mass is 9.88. The molecule has 1 aromatic heterocycles. The SMILES string of the molecule is CC(NC(=O)C(C)C1CNC1)c1cccnc1.Cl. The second kappa shape index (κ2) is 6.71. The molecular formula is C13H20ClN3O. The number of hydrogen-bond donors (Lipinski definition) is 2. The van der Waals surface area contributed by atoms with Crippen LogP contribution in [0.4, 0.5) is 0 Å². The van der Waals surface area contributed by atoms with Gasteiger partial charge in [-0.25, -0.2) is 0 Å². The van der Waals surface area contributed by atoms with Crippen molar-refractivity contribution in [3.8, 4) is 0 Å². The summed E-state index contributed by atoms with van der Waals surface area (Å²) >= 11 is 0. The van der Waals surface area contributed by atoms with E-state index in [0.29, 0.717) is 5.92 Å². The van der Waals surface area contributed by atoms with Crippen LogP contribution in [0, 0.1) is 11.8 Å². The third-order valence-electron chi connectivity index (χ3n) is 3.48. The lowest BCUT2D eigenvalue weighted by Gasteiger charge is -2.32. The molecule has 0 aliphatic carbocycles. The summed E-state index contributed by atoms with van der Waals surface area (Å²) in [6.45, 7) is 5.89. The van der Waals surface area contributed by atoms with Gasteiger partial charge in [-0.1, -0.05) is 13.0 Å². The van der Waals surface area contributed by atoms with Gasteiger partial charge in [0, 0.05) is 18.3 Å². The van der Waals surface area contributed by atoms with E-state index in [0.717, 1.165) is 18.7 Å². The predicted molar refractivity (Wildman–Crippen MR) is 73.6 cm³/mol. The quantitative estimate of drug-likeness (QED) is 0.872. The summed E-state index contributed by atoms with van der Waals surface area (Å²) in [5.41, 5.74) is 1.04. The first-order valence-corrected chi connectivity index (χ1v) is 6.09. The van der Waals surface area contributed by atoms with E-state index >= 15 is 0 Å². The molecule has 4 nitrogen and oxygen atoms in total. The molecule has 0 spiro atoms. The Bertz CT molecular complexity index is 381. The zero-order chi connectivity index (χ0) is 12.3. The molecule has 100 valence electrons. The van der Waals surface area contributed by atoms with Crippen molar-refractivity contribution in [2.24, 2.45) is 11.8 Å². The number of carbonyl (C=O) groups excluding carboxylic acids is 1. The van der Waals surface area contributed by atoms with E-state index in [1.54, 1.807) is 12.4 Å². The van der Waals surface area contributed by atoms with Gasteiger partial charge in [-0.05, 0) is 37.6 Å². The summed E-state index contributed by atoms with van der Waals surface area (Å²) in [4.78, 5) is 16.1. The maximum atomic E-state index is 12.0. The summed E-state index contributed by atoms with van der Waals surface area (Å²) in [6.07, 6.45) is 3.53. The van der Waals surface area contributed by atoms with Crippen LogP contribution in [-0.2, 0) is 4.79 Å². The number of pyridine rings is 1. The number of carbonyl (C=O) groups is 1. The first kappa shape index (κ1) is 14.9. The van der Waals surface area contributed by atoms with Crippen LogP contribution in [-0.4, -0.2) is 24.0 Å². The summed E-state index contributed by atoms with van der Waals surface area (Å²) in [7, 11) is 0. The molecule has 1 aromatic rings. The van der Waals surface area contributed by atoms with E-state index in [4.69, 9.17) is 0 Å². The standard InChI is InChI=1S/C13H19N3O.ClH/c1-9(12-7-15-8-12)13(17)16-10(2)11-4-3-5-14-6-11;/h3-6,9-10,12,15H,7-8H2,1-2H3,(H,16,17);1H. The molecule has 0 aromatic carbocycles. The van der Waals surface area contributed by atoms with E-state index in [1.807, 2.05) is 26.0 Å². The van der Waals surface area contributed by atoms with Crippen molar-refractivity contribution in [2.75, 3.05) is 13.1 Å². The molecule has 0 radical (unpaired) electrons. The maximum absolute atomic E-state index is 12.0. The highest BCUT2D eigenvalue weighted by Crippen LogP contribution is 2.18. The Morgan fingerprint density at radius 3 is 2.72 bits per heavy atom. The van der Waals surface area contributed by atoms with Crippen molar-refractivity contribution < 1.29 is 4.79 Å². The van der Waals surface area contributed by atoms with Gasteiger partial charge in [0.05, 0.1) is 6.04 Å². The number of nitrogens with zero attached hydrogens (tertiary/aromatic N) is 1. The van der Waals surface area contributed by atoms with E-state index in [-0.39, 0.29) is 30.3 Å². The van der Waals surface area contributed by atoms with Crippen LogP contribution in [0.3, 0.4) is 0 Å². The number of aromatic nitrogens is 1. The molecule has 1 amide bonds.